The molecule has 0 aromatic carbocycles. The monoisotopic (exact) mass is 337 g/mol. The second-order valence-electron chi connectivity index (χ2n) is 7.55. The zero-order chi connectivity index (χ0) is 16.8. The molecule has 0 N–H and O–H groups in total. The van der Waals surface area contributed by atoms with Crippen molar-refractivity contribution in [3.05, 3.63) is 45.8 Å². The molecule has 0 bridgehead atoms. The third kappa shape index (κ3) is 2.83. The molecule has 6 heteroatoms. The molecule has 1 saturated carbocycles. The average Bonchev–Trinajstić information content (AvgIpc) is 3.22. The fraction of sp³-hybridized carbons (Fsp3) is 0.579. The number of fused-ring (bicyclic) bond motifs is 1. The van der Waals surface area contributed by atoms with E-state index in [9.17, 15) is 4.79 Å². The van der Waals surface area contributed by atoms with Crippen LogP contribution in [0.3, 0.4) is 0 Å². The van der Waals surface area contributed by atoms with Crippen LogP contribution in [0.1, 0.15) is 55.0 Å². The SMILES string of the molecule is O=c1cc2c(nn1CC1CCCN1c1cc(C3CC3)ncn1)CCC2. The molecule has 1 saturated heterocycles. The Kier molecular flexibility index (Phi) is 3.57. The number of aromatic nitrogens is 4. The van der Waals surface area contributed by atoms with Crippen molar-refractivity contribution in [2.75, 3.05) is 11.4 Å². The summed E-state index contributed by atoms with van der Waals surface area (Å²) in [6.45, 7) is 1.64. The van der Waals surface area contributed by atoms with Crippen LogP contribution >= 0.6 is 0 Å². The first-order valence-electron chi connectivity index (χ1n) is 9.46. The van der Waals surface area contributed by atoms with Gasteiger partial charge in [-0.2, -0.15) is 5.10 Å². The van der Waals surface area contributed by atoms with Crippen LogP contribution in [-0.2, 0) is 19.4 Å². The van der Waals surface area contributed by atoms with Crippen LogP contribution in [0, 0.1) is 0 Å². The van der Waals surface area contributed by atoms with Crippen LogP contribution in [-0.4, -0.2) is 32.3 Å². The summed E-state index contributed by atoms with van der Waals surface area (Å²) in [6.07, 6.45) is 9.51. The van der Waals surface area contributed by atoms with Gasteiger partial charge in [0.05, 0.1) is 18.3 Å². The molecular weight excluding hydrogens is 314 g/mol. The van der Waals surface area contributed by atoms with E-state index in [0.717, 1.165) is 55.7 Å². The number of hydrogen-bond donors (Lipinski definition) is 0. The Labute approximate surface area is 146 Å². The van der Waals surface area contributed by atoms with Crippen molar-refractivity contribution in [1.82, 2.24) is 19.7 Å². The Balaban J connectivity index is 1.40. The molecule has 0 amide bonds. The fourth-order valence-electron chi connectivity index (χ4n) is 4.22. The van der Waals surface area contributed by atoms with Gasteiger partial charge in [0.25, 0.3) is 5.56 Å². The predicted molar refractivity (Wildman–Crippen MR) is 94.9 cm³/mol. The first-order valence-corrected chi connectivity index (χ1v) is 9.46. The van der Waals surface area contributed by atoms with Gasteiger partial charge in [-0.25, -0.2) is 14.6 Å². The Hall–Kier alpha value is -2.24. The summed E-state index contributed by atoms with van der Waals surface area (Å²) in [5, 5.41) is 4.64. The normalized spacial score (nSPS) is 22.4. The molecule has 2 fully saturated rings. The van der Waals surface area contributed by atoms with Crippen LogP contribution in [0.15, 0.2) is 23.3 Å². The number of anilines is 1. The van der Waals surface area contributed by atoms with Gasteiger partial charge in [-0.15, -0.1) is 0 Å². The third-order valence-corrected chi connectivity index (χ3v) is 5.75. The molecule has 3 aliphatic rings. The molecule has 0 spiro atoms. The molecule has 25 heavy (non-hydrogen) atoms. The summed E-state index contributed by atoms with van der Waals surface area (Å²) < 4.78 is 1.68. The van der Waals surface area contributed by atoms with Crippen molar-refractivity contribution in [3.63, 3.8) is 0 Å². The molecule has 6 nitrogen and oxygen atoms in total. The zero-order valence-electron chi connectivity index (χ0n) is 14.4. The van der Waals surface area contributed by atoms with E-state index in [1.165, 1.54) is 18.5 Å². The number of aryl methyl sites for hydroxylation is 2. The summed E-state index contributed by atoms with van der Waals surface area (Å²) >= 11 is 0. The molecule has 5 rings (SSSR count). The van der Waals surface area contributed by atoms with E-state index < -0.39 is 0 Å². The lowest BCUT2D eigenvalue weighted by Gasteiger charge is -2.26. The van der Waals surface area contributed by atoms with Gasteiger partial charge < -0.3 is 4.90 Å². The zero-order valence-corrected chi connectivity index (χ0v) is 14.4. The van der Waals surface area contributed by atoms with Crippen molar-refractivity contribution in [2.45, 2.75) is 63.5 Å². The van der Waals surface area contributed by atoms with Gasteiger partial charge >= 0.3 is 0 Å². The molecule has 130 valence electrons. The van der Waals surface area contributed by atoms with Crippen LogP contribution in [0.2, 0.25) is 0 Å². The largest absolute Gasteiger partial charge is 0.352 e. The summed E-state index contributed by atoms with van der Waals surface area (Å²) in [5.41, 5.74) is 3.47. The van der Waals surface area contributed by atoms with E-state index in [1.807, 2.05) is 0 Å². The minimum atomic E-state index is 0.0360. The van der Waals surface area contributed by atoms with Gasteiger partial charge in [-0.1, -0.05) is 0 Å². The molecule has 0 radical (unpaired) electrons. The second-order valence-corrected chi connectivity index (χ2v) is 7.55. The van der Waals surface area contributed by atoms with E-state index in [4.69, 9.17) is 0 Å². The van der Waals surface area contributed by atoms with Crippen LogP contribution in [0.25, 0.3) is 0 Å². The highest BCUT2D eigenvalue weighted by molar-refractivity contribution is 5.42. The molecule has 2 aliphatic carbocycles. The van der Waals surface area contributed by atoms with E-state index in [-0.39, 0.29) is 11.6 Å². The van der Waals surface area contributed by atoms with Gasteiger partial charge in [0, 0.05) is 30.3 Å². The molecule has 1 atom stereocenters. The Morgan fingerprint density at radius 3 is 2.88 bits per heavy atom. The first kappa shape index (κ1) is 15.0. The summed E-state index contributed by atoms with van der Waals surface area (Å²) in [5.74, 6) is 1.64. The standard InChI is InChI=1S/C19H23N5O/c25-19-9-14-3-1-5-16(14)22-24(19)11-15-4-2-8-23(15)18-10-17(13-6-7-13)20-12-21-18/h9-10,12-13,15H,1-8,11H2. The van der Waals surface area contributed by atoms with Crippen molar-refractivity contribution in [2.24, 2.45) is 0 Å². The summed E-state index contributed by atoms with van der Waals surface area (Å²) in [7, 11) is 0. The molecule has 2 aromatic rings. The highest BCUT2D eigenvalue weighted by Gasteiger charge is 2.30. The van der Waals surface area contributed by atoms with Crippen molar-refractivity contribution < 1.29 is 0 Å². The van der Waals surface area contributed by atoms with Gasteiger partial charge in [0.1, 0.15) is 12.1 Å². The number of nitrogens with zero attached hydrogens (tertiary/aromatic N) is 5. The minimum absolute atomic E-state index is 0.0360. The highest BCUT2D eigenvalue weighted by Crippen LogP contribution is 2.40. The van der Waals surface area contributed by atoms with Crippen LogP contribution in [0.5, 0.6) is 0 Å². The van der Waals surface area contributed by atoms with E-state index in [0.29, 0.717) is 12.5 Å². The Morgan fingerprint density at radius 2 is 2.00 bits per heavy atom. The van der Waals surface area contributed by atoms with Crippen LogP contribution in [0.4, 0.5) is 5.82 Å². The lowest BCUT2D eigenvalue weighted by atomic mass is 10.2. The lowest BCUT2D eigenvalue weighted by molar-refractivity contribution is 0.481. The number of rotatable bonds is 4. The Bertz CT molecular complexity index is 857. The van der Waals surface area contributed by atoms with Crippen molar-refractivity contribution in [1.29, 1.82) is 0 Å². The van der Waals surface area contributed by atoms with E-state index in [1.54, 1.807) is 17.1 Å². The van der Waals surface area contributed by atoms with E-state index in [2.05, 4.69) is 26.0 Å². The highest BCUT2D eigenvalue weighted by atomic mass is 16.1. The topological polar surface area (TPSA) is 63.9 Å². The molecule has 1 aliphatic heterocycles. The van der Waals surface area contributed by atoms with Gasteiger partial charge in [-0.3, -0.25) is 4.79 Å². The van der Waals surface area contributed by atoms with Gasteiger partial charge in [0.15, 0.2) is 0 Å². The van der Waals surface area contributed by atoms with Crippen molar-refractivity contribution in [3.8, 4) is 0 Å². The smallest absolute Gasteiger partial charge is 0.267 e. The van der Waals surface area contributed by atoms with Crippen LogP contribution < -0.4 is 10.5 Å². The first-order chi connectivity index (χ1) is 12.3. The molecular formula is C19H23N5O. The van der Waals surface area contributed by atoms with Crippen molar-refractivity contribution >= 4 is 5.82 Å². The molecule has 2 aromatic heterocycles. The molecule has 1 unspecified atom stereocenters. The van der Waals surface area contributed by atoms with E-state index >= 15 is 0 Å². The maximum Gasteiger partial charge on any atom is 0.267 e. The second kappa shape index (κ2) is 5.93. The lowest BCUT2D eigenvalue weighted by Crippen LogP contribution is -2.38. The average molecular weight is 337 g/mol. The number of hydrogen-bond acceptors (Lipinski definition) is 5. The maximum atomic E-state index is 12.4. The van der Waals surface area contributed by atoms with Gasteiger partial charge in [0.2, 0.25) is 0 Å². The predicted octanol–water partition coefficient (Wildman–Crippen LogP) is 2.07. The third-order valence-electron chi connectivity index (χ3n) is 5.75. The summed E-state index contributed by atoms with van der Waals surface area (Å²) in [6, 6.07) is 4.23. The summed E-state index contributed by atoms with van der Waals surface area (Å²) in [4.78, 5) is 23.7. The van der Waals surface area contributed by atoms with Gasteiger partial charge in [-0.05, 0) is 50.5 Å². The maximum absolute atomic E-state index is 12.4. The fourth-order valence-corrected chi connectivity index (χ4v) is 4.22. The Morgan fingerprint density at radius 1 is 1.08 bits per heavy atom. The minimum Gasteiger partial charge on any atom is -0.352 e. The quantitative estimate of drug-likeness (QED) is 0.854. The molecule has 3 heterocycles.